The molecule has 2 heterocycles. The minimum atomic E-state index is -0.0907. The summed E-state index contributed by atoms with van der Waals surface area (Å²) in [5, 5.41) is 0. The molecule has 6 nitrogen and oxygen atoms in total. The lowest BCUT2D eigenvalue weighted by molar-refractivity contribution is -0.132. The van der Waals surface area contributed by atoms with Crippen LogP contribution >= 0.6 is 0 Å². The van der Waals surface area contributed by atoms with E-state index in [1.54, 1.807) is 11.2 Å². The van der Waals surface area contributed by atoms with E-state index in [2.05, 4.69) is 0 Å². The molecule has 0 unspecified atom stereocenters. The fraction of sp³-hybridized carbons (Fsp3) is 0.368. The second-order valence-corrected chi connectivity index (χ2v) is 6.38. The molecule has 1 aliphatic heterocycles. The Bertz CT molecular complexity index is 767. The standard InChI is InChI=1S/C19H20N2O4/c22-18-9-11-25-17-6-2-1-5-16(17)21(18)13-19(23)20(14-7-8-14)12-15-4-3-10-24-15/h1-6,10,14H,7-9,11-13H2. The first-order chi connectivity index (χ1) is 12.2. The van der Waals surface area contributed by atoms with Gasteiger partial charge in [-0.1, -0.05) is 12.1 Å². The molecule has 6 heteroatoms. The smallest absolute Gasteiger partial charge is 0.243 e. The number of anilines is 1. The molecular weight excluding hydrogens is 320 g/mol. The molecular formula is C19H20N2O4. The minimum Gasteiger partial charge on any atom is -0.491 e. The summed E-state index contributed by atoms with van der Waals surface area (Å²) >= 11 is 0. The molecule has 1 fully saturated rings. The molecule has 2 aromatic rings. The van der Waals surface area contributed by atoms with Crippen molar-refractivity contribution in [1.29, 1.82) is 0 Å². The maximum Gasteiger partial charge on any atom is 0.243 e. The van der Waals surface area contributed by atoms with Crippen molar-refractivity contribution < 1.29 is 18.7 Å². The number of nitrogens with zero attached hydrogens (tertiary/aromatic N) is 2. The Morgan fingerprint density at radius 1 is 1.20 bits per heavy atom. The maximum atomic E-state index is 12.9. The molecule has 0 bridgehead atoms. The number of amides is 2. The fourth-order valence-electron chi connectivity index (χ4n) is 3.10. The zero-order chi connectivity index (χ0) is 17.2. The van der Waals surface area contributed by atoms with Crippen molar-refractivity contribution >= 4 is 17.5 Å². The van der Waals surface area contributed by atoms with Crippen LogP contribution < -0.4 is 9.64 Å². The summed E-state index contributed by atoms with van der Waals surface area (Å²) in [6.45, 7) is 0.798. The van der Waals surface area contributed by atoms with Gasteiger partial charge in [0.1, 0.15) is 18.1 Å². The van der Waals surface area contributed by atoms with E-state index in [4.69, 9.17) is 9.15 Å². The van der Waals surface area contributed by atoms with Crippen LogP contribution in [0.15, 0.2) is 47.1 Å². The summed E-state index contributed by atoms with van der Waals surface area (Å²) < 4.78 is 11.0. The van der Waals surface area contributed by atoms with Crippen molar-refractivity contribution in [1.82, 2.24) is 4.90 Å². The van der Waals surface area contributed by atoms with Gasteiger partial charge in [0.05, 0.1) is 31.5 Å². The average molecular weight is 340 g/mol. The predicted octanol–water partition coefficient (Wildman–Crippen LogP) is 2.59. The molecule has 4 rings (SSSR count). The van der Waals surface area contributed by atoms with Crippen molar-refractivity contribution in [3.05, 3.63) is 48.4 Å². The second kappa shape index (κ2) is 6.63. The third-order valence-electron chi connectivity index (χ3n) is 4.54. The van der Waals surface area contributed by atoms with Crippen LogP contribution in [0.4, 0.5) is 5.69 Å². The Kier molecular flexibility index (Phi) is 4.17. The van der Waals surface area contributed by atoms with Crippen molar-refractivity contribution in [2.75, 3.05) is 18.1 Å². The van der Waals surface area contributed by atoms with E-state index in [1.807, 2.05) is 41.3 Å². The van der Waals surface area contributed by atoms with Crippen molar-refractivity contribution in [2.45, 2.75) is 31.8 Å². The highest BCUT2D eigenvalue weighted by Crippen LogP contribution is 2.32. The lowest BCUT2D eigenvalue weighted by Gasteiger charge is -2.26. The number of benzene rings is 1. The largest absolute Gasteiger partial charge is 0.491 e. The summed E-state index contributed by atoms with van der Waals surface area (Å²) in [5.74, 6) is 1.24. The molecule has 2 aliphatic rings. The topological polar surface area (TPSA) is 63.0 Å². The lowest BCUT2D eigenvalue weighted by Crippen LogP contribution is -2.43. The van der Waals surface area contributed by atoms with Gasteiger partial charge in [0.15, 0.2) is 0 Å². The van der Waals surface area contributed by atoms with Gasteiger partial charge in [0.25, 0.3) is 0 Å². The van der Waals surface area contributed by atoms with Crippen LogP contribution in [0.25, 0.3) is 0 Å². The molecule has 0 spiro atoms. The van der Waals surface area contributed by atoms with Gasteiger partial charge in [-0.05, 0) is 37.1 Å². The summed E-state index contributed by atoms with van der Waals surface area (Å²) in [5.41, 5.74) is 0.659. The van der Waals surface area contributed by atoms with E-state index < -0.39 is 0 Å². The van der Waals surface area contributed by atoms with Gasteiger partial charge in [-0.25, -0.2) is 0 Å². The van der Waals surface area contributed by atoms with Gasteiger partial charge in [-0.3, -0.25) is 14.5 Å². The molecule has 1 aliphatic carbocycles. The second-order valence-electron chi connectivity index (χ2n) is 6.38. The fourth-order valence-corrected chi connectivity index (χ4v) is 3.10. The first-order valence-electron chi connectivity index (χ1n) is 8.56. The zero-order valence-electron chi connectivity index (χ0n) is 13.9. The number of hydrogen-bond acceptors (Lipinski definition) is 4. The van der Waals surface area contributed by atoms with Crippen molar-refractivity contribution in [3.63, 3.8) is 0 Å². The van der Waals surface area contributed by atoms with E-state index in [0.29, 0.717) is 24.6 Å². The number of furan rings is 1. The van der Waals surface area contributed by atoms with Gasteiger partial charge in [-0.15, -0.1) is 0 Å². The first-order valence-corrected chi connectivity index (χ1v) is 8.56. The predicted molar refractivity (Wildman–Crippen MR) is 91.2 cm³/mol. The third-order valence-corrected chi connectivity index (χ3v) is 4.54. The van der Waals surface area contributed by atoms with Gasteiger partial charge in [0, 0.05) is 6.04 Å². The number of rotatable bonds is 5. The highest BCUT2D eigenvalue weighted by atomic mass is 16.5. The van der Waals surface area contributed by atoms with Gasteiger partial charge in [0.2, 0.25) is 11.8 Å². The first kappa shape index (κ1) is 15.7. The highest BCUT2D eigenvalue weighted by Gasteiger charge is 2.35. The molecule has 130 valence electrons. The van der Waals surface area contributed by atoms with Crippen LogP contribution in [0.2, 0.25) is 0 Å². The number of para-hydroxylation sites is 2. The maximum absolute atomic E-state index is 12.9. The Hall–Kier alpha value is -2.76. The normalized spacial score (nSPS) is 16.8. The van der Waals surface area contributed by atoms with E-state index in [9.17, 15) is 9.59 Å². The Morgan fingerprint density at radius 3 is 2.80 bits per heavy atom. The molecule has 0 N–H and O–H groups in total. The lowest BCUT2D eigenvalue weighted by atomic mass is 10.2. The SMILES string of the molecule is O=C1CCOc2ccccc2N1CC(=O)N(Cc1ccco1)C1CC1. The number of carbonyl (C=O) groups is 2. The molecule has 25 heavy (non-hydrogen) atoms. The molecule has 0 saturated heterocycles. The van der Waals surface area contributed by atoms with Crippen LogP contribution in [-0.4, -0.2) is 35.9 Å². The Morgan fingerprint density at radius 2 is 2.04 bits per heavy atom. The van der Waals surface area contributed by atoms with E-state index in [-0.39, 0.29) is 30.8 Å². The summed E-state index contributed by atoms with van der Waals surface area (Å²) in [7, 11) is 0. The van der Waals surface area contributed by atoms with Crippen LogP contribution in [0.5, 0.6) is 5.75 Å². The molecule has 2 amide bonds. The quantitative estimate of drug-likeness (QED) is 0.839. The minimum absolute atomic E-state index is 0.0242. The highest BCUT2D eigenvalue weighted by molar-refractivity contribution is 6.00. The molecule has 0 radical (unpaired) electrons. The van der Waals surface area contributed by atoms with Gasteiger partial charge >= 0.3 is 0 Å². The van der Waals surface area contributed by atoms with E-state index in [1.165, 1.54) is 0 Å². The number of hydrogen-bond donors (Lipinski definition) is 0. The summed E-state index contributed by atoms with van der Waals surface area (Å²) in [6, 6.07) is 11.3. The van der Waals surface area contributed by atoms with E-state index in [0.717, 1.165) is 18.6 Å². The van der Waals surface area contributed by atoms with Crippen LogP contribution in [0.1, 0.15) is 25.0 Å². The third kappa shape index (κ3) is 3.38. The van der Waals surface area contributed by atoms with Gasteiger partial charge < -0.3 is 14.1 Å². The molecule has 1 aromatic carbocycles. The summed E-state index contributed by atoms with van der Waals surface area (Å²) in [4.78, 5) is 28.8. The van der Waals surface area contributed by atoms with E-state index >= 15 is 0 Å². The number of fused-ring (bicyclic) bond motifs is 1. The van der Waals surface area contributed by atoms with Crippen LogP contribution in [0, 0.1) is 0 Å². The Labute approximate surface area is 146 Å². The Balaban J connectivity index is 1.55. The molecule has 0 atom stereocenters. The van der Waals surface area contributed by atoms with Gasteiger partial charge in [-0.2, -0.15) is 0 Å². The molecule has 1 saturated carbocycles. The van der Waals surface area contributed by atoms with Crippen molar-refractivity contribution in [3.8, 4) is 5.75 Å². The number of carbonyl (C=O) groups excluding carboxylic acids is 2. The molecule has 1 aromatic heterocycles. The zero-order valence-corrected chi connectivity index (χ0v) is 13.9. The summed E-state index contributed by atoms with van der Waals surface area (Å²) in [6.07, 6.45) is 3.88. The van der Waals surface area contributed by atoms with Crippen molar-refractivity contribution in [2.24, 2.45) is 0 Å². The average Bonchev–Trinajstić information content (AvgIpc) is 3.35. The van der Waals surface area contributed by atoms with Crippen LogP contribution in [0.3, 0.4) is 0 Å². The monoisotopic (exact) mass is 340 g/mol. The number of ether oxygens (including phenoxy) is 1. The van der Waals surface area contributed by atoms with Crippen LogP contribution in [-0.2, 0) is 16.1 Å².